The van der Waals surface area contributed by atoms with Crippen LogP contribution >= 0.6 is 0 Å². The summed E-state index contributed by atoms with van der Waals surface area (Å²) in [5.41, 5.74) is 1.92. The molecule has 0 saturated carbocycles. The number of pyridine rings is 1. The van der Waals surface area contributed by atoms with Crippen molar-refractivity contribution < 1.29 is 23.0 Å². The van der Waals surface area contributed by atoms with E-state index in [4.69, 9.17) is 4.74 Å². The fourth-order valence-electron chi connectivity index (χ4n) is 3.66. The van der Waals surface area contributed by atoms with Crippen molar-refractivity contribution in [2.45, 2.75) is 19.7 Å². The van der Waals surface area contributed by atoms with E-state index in [1.54, 1.807) is 30.3 Å². The molecule has 1 heterocycles. The molecule has 0 atom stereocenters. The number of rotatable bonds is 7. The van der Waals surface area contributed by atoms with Crippen molar-refractivity contribution >= 4 is 27.7 Å². The number of benzene rings is 3. The minimum Gasteiger partial charge on any atom is -0.493 e. The van der Waals surface area contributed by atoms with Crippen molar-refractivity contribution in [3.63, 3.8) is 0 Å². The van der Waals surface area contributed by atoms with Gasteiger partial charge in [-0.15, -0.1) is 0 Å². The molecule has 6 nitrogen and oxygen atoms in total. The van der Waals surface area contributed by atoms with Gasteiger partial charge in [-0.2, -0.15) is 8.78 Å². The largest absolute Gasteiger partial charge is 0.493 e. The van der Waals surface area contributed by atoms with Gasteiger partial charge in [0.15, 0.2) is 16.9 Å². The second-order valence-corrected chi connectivity index (χ2v) is 7.09. The summed E-state index contributed by atoms with van der Waals surface area (Å²) in [5.74, 6) is -0.200. The van der Waals surface area contributed by atoms with Crippen LogP contribution in [0.1, 0.15) is 5.56 Å². The molecule has 0 aliphatic rings. The summed E-state index contributed by atoms with van der Waals surface area (Å²) in [6.45, 7) is -2.79. The third kappa shape index (κ3) is 4.25. The van der Waals surface area contributed by atoms with Crippen LogP contribution < -0.4 is 20.2 Å². The molecule has 1 N–H and O–H groups in total. The molecule has 164 valence electrons. The molecular formula is C24H20F2N2O4. The van der Waals surface area contributed by atoms with E-state index in [0.717, 1.165) is 0 Å². The molecule has 32 heavy (non-hydrogen) atoms. The molecule has 0 unspecified atom stereocenters. The van der Waals surface area contributed by atoms with Gasteiger partial charge in [0.05, 0.1) is 18.1 Å². The van der Waals surface area contributed by atoms with Crippen LogP contribution in [-0.2, 0) is 17.9 Å². The Morgan fingerprint density at radius 3 is 2.19 bits per heavy atom. The molecular weight excluding hydrogens is 418 g/mol. The van der Waals surface area contributed by atoms with E-state index in [2.05, 4.69) is 10.1 Å². The number of nitrogens with zero attached hydrogens (tertiary/aromatic N) is 1. The fourth-order valence-corrected chi connectivity index (χ4v) is 3.66. The number of hydrogen-bond donors (Lipinski definition) is 1. The quantitative estimate of drug-likeness (QED) is 0.442. The second-order valence-electron chi connectivity index (χ2n) is 7.09. The first-order valence-electron chi connectivity index (χ1n) is 9.86. The van der Waals surface area contributed by atoms with Crippen LogP contribution in [0.15, 0.2) is 71.5 Å². The van der Waals surface area contributed by atoms with Gasteiger partial charge in [0, 0.05) is 17.3 Å². The highest BCUT2D eigenvalue weighted by Gasteiger charge is 2.14. The predicted molar refractivity (Wildman–Crippen MR) is 117 cm³/mol. The van der Waals surface area contributed by atoms with Gasteiger partial charge >= 0.3 is 6.61 Å². The second kappa shape index (κ2) is 9.05. The summed E-state index contributed by atoms with van der Waals surface area (Å²) in [7, 11) is 1.35. The van der Waals surface area contributed by atoms with Crippen LogP contribution in [0.2, 0.25) is 0 Å². The minimum atomic E-state index is -2.96. The van der Waals surface area contributed by atoms with Crippen molar-refractivity contribution in [2.75, 3.05) is 7.11 Å². The van der Waals surface area contributed by atoms with Gasteiger partial charge in [-0.05, 0) is 42.0 Å². The number of amides is 1. The first-order chi connectivity index (χ1) is 15.5. The highest BCUT2D eigenvalue weighted by Crippen LogP contribution is 2.29. The van der Waals surface area contributed by atoms with Crippen LogP contribution in [0.5, 0.6) is 11.5 Å². The van der Waals surface area contributed by atoms with Crippen LogP contribution in [0.25, 0.3) is 21.8 Å². The Balaban J connectivity index is 1.57. The maximum absolute atomic E-state index is 12.8. The first-order valence-corrected chi connectivity index (χ1v) is 9.86. The molecule has 0 fully saturated rings. The van der Waals surface area contributed by atoms with Crippen LogP contribution in [-0.4, -0.2) is 24.2 Å². The lowest BCUT2D eigenvalue weighted by Crippen LogP contribution is -2.28. The Hall–Kier alpha value is -3.94. The van der Waals surface area contributed by atoms with E-state index >= 15 is 0 Å². The van der Waals surface area contributed by atoms with Crippen LogP contribution in [0, 0.1) is 0 Å². The van der Waals surface area contributed by atoms with Crippen molar-refractivity contribution in [2.24, 2.45) is 0 Å². The number of aromatic nitrogens is 1. The number of para-hydroxylation sites is 2. The normalized spacial score (nSPS) is 11.1. The van der Waals surface area contributed by atoms with E-state index < -0.39 is 6.61 Å². The summed E-state index contributed by atoms with van der Waals surface area (Å²) in [5, 5.41) is 3.90. The molecule has 1 amide bonds. The third-order valence-electron chi connectivity index (χ3n) is 5.11. The number of carbonyl (C=O) groups excluding carboxylic acids is 1. The highest BCUT2D eigenvalue weighted by molar-refractivity contribution is 5.94. The number of hydrogen-bond acceptors (Lipinski definition) is 4. The Morgan fingerprint density at radius 1 is 0.969 bits per heavy atom. The number of ether oxygens (including phenoxy) is 2. The molecule has 8 heteroatoms. The molecule has 0 bridgehead atoms. The number of alkyl halides is 2. The lowest BCUT2D eigenvalue weighted by molar-refractivity contribution is -0.121. The summed E-state index contributed by atoms with van der Waals surface area (Å²) in [6, 6.07) is 18.8. The zero-order chi connectivity index (χ0) is 22.7. The third-order valence-corrected chi connectivity index (χ3v) is 5.11. The van der Waals surface area contributed by atoms with Gasteiger partial charge in [-0.1, -0.05) is 30.3 Å². The van der Waals surface area contributed by atoms with Crippen molar-refractivity contribution in [3.05, 3.63) is 82.5 Å². The molecule has 0 aliphatic heterocycles. The summed E-state index contributed by atoms with van der Waals surface area (Å²) >= 11 is 0. The molecule has 1 aromatic heterocycles. The van der Waals surface area contributed by atoms with Crippen molar-refractivity contribution in [1.29, 1.82) is 0 Å². The molecule has 3 aromatic carbocycles. The summed E-state index contributed by atoms with van der Waals surface area (Å²) < 4.78 is 36.3. The molecule has 4 aromatic rings. The molecule has 0 radical (unpaired) electrons. The van der Waals surface area contributed by atoms with E-state index in [-0.39, 0.29) is 35.9 Å². The maximum Gasteiger partial charge on any atom is 0.387 e. The SMILES string of the molecule is COc1cc(CNC(=O)Cn2c3ccccc3c(=O)c3ccccc32)ccc1OC(F)F. The average Bonchev–Trinajstić information content (AvgIpc) is 2.80. The Labute approximate surface area is 182 Å². The lowest BCUT2D eigenvalue weighted by atomic mass is 10.1. The molecule has 0 aliphatic carbocycles. The highest BCUT2D eigenvalue weighted by atomic mass is 19.3. The Kier molecular flexibility index (Phi) is 6.02. The van der Waals surface area contributed by atoms with E-state index in [1.807, 2.05) is 28.8 Å². The lowest BCUT2D eigenvalue weighted by Gasteiger charge is -2.15. The first kappa shape index (κ1) is 21.3. The average molecular weight is 438 g/mol. The predicted octanol–water partition coefficient (Wildman–Crippen LogP) is 4.08. The minimum absolute atomic E-state index is 0.00498. The number of methoxy groups -OCH3 is 1. The number of fused-ring (bicyclic) bond motifs is 2. The van der Waals surface area contributed by atoms with Crippen LogP contribution in [0.3, 0.4) is 0 Å². The Morgan fingerprint density at radius 2 is 1.59 bits per heavy atom. The van der Waals surface area contributed by atoms with Crippen molar-refractivity contribution in [3.8, 4) is 11.5 Å². The summed E-state index contributed by atoms with van der Waals surface area (Å²) in [4.78, 5) is 25.6. The topological polar surface area (TPSA) is 69.6 Å². The standard InChI is InChI=1S/C24H20F2N2O4/c1-31-21-12-15(10-11-20(21)32-24(25)26)13-27-22(29)14-28-18-8-4-2-6-16(18)23(30)17-7-3-5-9-19(17)28/h2-12,24H,13-14H2,1H3,(H,27,29). The molecule has 0 saturated heterocycles. The fraction of sp³-hybridized carbons (Fsp3) is 0.167. The van der Waals surface area contributed by atoms with Crippen molar-refractivity contribution in [1.82, 2.24) is 9.88 Å². The zero-order valence-electron chi connectivity index (χ0n) is 17.2. The number of halogens is 2. The monoisotopic (exact) mass is 438 g/mol. The molecule has 0 spiro atoms. The van der Waals surface area contributed by atoms with E-state index in [1.165, 1.54) is 19.2 Å². The summed E-state index contributed by atoms with van der Waals surface area (Å²) in [6.07, 6.45) is 0. The maximum atomic E-state index is 12.8. The number of carbonyl (C=O) groups is 1. The molecule has 4 rings (SSSR count). The van der Waals surface area contributed by atoms with Gasteiger partial charge in [0.2, 0.25) is 5.91 Å². The van der Waals surface area contributed by atoms with E-state index in [0.29, 0.717) is 27.4 Å². The van der Waals surface area contributed by atoms with Gasteiger partial charge in [0.1, 0.15) is 6.54 Å². The number of nitrogens with one attached hydrogen (secondary N) is 1. The van der Waals surface area contributed by atoms with Crippen LogP contribution in [0.4, 0.5) is 8.78 Å². The van der Waals surface area contributed by atoms with Gasteiger partial charge < -0.3 is 19.4 Å². The van der Waals surface area contributed by atoms with E-state index in [9.17, 15) is 18.4 Å². The van der Waals surface area contributed by atoms with Gasteiger partial charge in [-0.3, -0.25) is 9.59 Å². The Bertz CT molecular complexity index is 1290. The van der Waals surface area contributed by atoms with Gasteiger partial charge in [0.25, 0.3) is 0 Å². The van der Waals surface area contributed by atoms with Gasteiger partial charge in [-0.25, -0.2) is 0 Å². The zero-order valence-corrected chi connectivity index (χ0v) is 17.2. The smallest absolute Gasteiger partial charge is 0.387 e.